The molecule has 1 aromatic heterocycles. The average molecular weight is 577 g/mol. The van der Waals surface area contributed by atoms with Crippen LogP contribution in [0.3, 0.4) is 0 Å². The smallest absolute Gasteiger partial charge is 0.164 e. The monoisotopic (exact) mass is 576 g/mol. The number of allylic oxidation sites excluding steroid dienone is 1. The molecule has 0 fully saturated rings. The summed E-state index contributed by atoms with van der Waals surface area (Å²) >= 11 is 0. The molecule has 3 heteroatoms. The minimum absolute atomic E-state index is 0.232. The molecule has 0 amide bonds. The first-order valence-electron chi connectivity index (χ1n) is 16.4. The van der Waals surface area contributed by atoms with Gasteiger partial charge in [0.05, 0.1) is 6.20 Å². The molecule has 0 saturated heterocycles. The third-order valence-corrected chi connectivity index (χ3v) is 8.21. The molecule has 1 aliphatic carbocycles. The Morgan fingerprint density at radius 3 is 2.23 bits per heavy atom. The average Bonchev–Trinajstić information content (AvgIpc) is 3.41. The lowest BCUT2D eigenvalue weighted by Crippen LogP contribution is -2.07. The summed E-state index contributed by atoms with van der Waals surface area (Å²) < 4.78 is 1.80. The highest BCUT2D eigenvalue weighted by atomic mass is 16.1. The van der Waals surface area contributed by atoms with Crippen LogP contribution >= 0.6 is 0 Å². The van der Waals surface area contributed by atoms with E-state index >= 15 is 0 Å². The van der Waals surface area contributed by atoms with E-state index in [1.165, 1.54) is 60.8 Å². The Hall–Kier alpha value is -3.72. The Morgan fingerprint density at radius 1 is 0.860 bits per heavy atom. The van der Waals surface area contributed by atoms with Gasteiger partial charge in [0.15, 0.2) is 5.78 Å². The first-order valence-corrected chi connectivity index (χ1v) is 16.4. The summed E-state index contributed by atoms with van der Waals surface area (Å²) in [5.74, 6) is 0.521. The van der Waals surface area contributed by atoms with Gasteiger partial charge in [-0.05, 0) is 78.5 Å². The predicted molar refractivity (Wildman–Crippen MR) is 185 cm³/mol. The molecule has 0 aliphatic heterocycles. The van der Waals surface area contributed by atoms with Crippen molar-refractivity contribution < 1.29 is 4.79 Å². The van der Waals surface area contributed by atoms with Crippen LogP contribution in [-0.2, 0) is 18.3 Å². The highest BCUT2D eigenvalue weighted by molar-refractivity contribution is 6.26. The molecule has 0 radical (unpaired) electrons. The Labute approximate surface area is 261 Å². The molecule has 0 bridgehead atoms. The Kier molecular flexibility index (Phi) is 13.7. The number of hydrogen-bond acceptors (Lipinski definition) is 2. The largest absolute Gasteiger partial charge is 0.294 e. The Balaban J connectivity index is 0.000000268. The van der Waals surface area contributed by atoms with Gasteiger partial charge in [-0.15, -0.1) is 0 Å². The zero-order chi connectivity index (χ0) is 31.2. The molecule has 0 spiro atoms. The lowest BCUT2D eigenvalue weighted by molar-refractivity contribution is -0.114. The third kappa shape index (κ3) is 9.64. The maximum Gasteiger partial charge on any atom is 0.164 e. The minimum Gasteiger partial charge on any atom is -0.294 e. The van der Waals surface area contributed by atoms with Crippen molar-refractivity contribution in [3.8, 4) is 11.1 Å². The number of ketones is 1. The summed E-state index contributed by atoms with van der Waals surface area (Å²) in [6.45, 7) is 12.6. The summed E-state index contributed by atoms with van der Waals surface area (Å²) in [6, 6.07) is 23.6. The number of Topliss-reactive ketones (excluding diaryl/α,β-unsaturated/α-hetero) is 1. The van der Waals surface area contributed by atoms with Crippen LogP contribution < -0.4 is 0 Å². The highest BCUT2D eigenvalue weighted by Crippen LogP contribution is 2.37. The molecular weight excluding hydrogens is 524 g/mol. The van der Waals surface area contributed by atoms with Crippen molar-refractivity contribution in [3.63, 3.8) is 0 Å². The number of fused-ring (bicyclic) bond motifs is 1. The van der Waals surface area contributed by atoms with Crippen LogP contribution in [0.4, 0.5) is 0 Å². The normalized spacial score (nSPS) is 14.0. The number of rotatable bonds is 9. The molecule has 0 saturated carbocycles. The van der Waals surface area contributed by atoms with Gasteiger partial charge < -0.3 is 0 Å². The summed E-state index contributed by atoms with van der Waals surface area (Å²) in [6.07, 6.45) is 15.6. The second kappa shape index (κ2) is 17.4. The number of carbonyl (C=O) groups excluding carboxylic acids is 1. The van der Waals surface area contributed by atoms with E-state index in [-0.39, 0.29) is 11.7 Å². The highest BCUT2D eigenvalue weighted by Gasteiger charge is 2.25. The van der Waals surface area contributed by atoms with E-state index < -0.39 is 0 Å². The first kappa shape index (κ1) is 33.8. The van der Waals surface area contributed by atoms with E-state index in [1.807, 2.05) is 39.4 Å². The molecule has 1 aliphatic rings. The van der Waals surface area contributed by atoms with Crippen molar-refractivity contribution in [1.29, 1.82) is 0 Å². The molecule has 43 heavy (non-hydrogen) atoms. The van der Waals surface area contributed by atoms with Gasteiger partial charge in [-0.1, -0.05) is 126 Å². The molecule has 0 N–H and O–H groups in total. The van der Waals surface area contributed by atoms with Crippen molar-refractivity contribution in [1.82, 2.24) is 9.78 Å². The molecule has 1 unspecified atom stereocenters. The molecule has 5 rings (SSSR count). The Morgan fingerprint density at radius 2 is 1.58 bits per heavy atom. The van der Waals surface area contributed by atoms with Gasteiger partial charge in [0.1, 0.15) is 0 Å². The fraction of sp³-hybridized carbons (Fsp3) is 0.400. The molecule has 1 atom stereocenters. The van der Waals surface area contributed by atoms with E-state index in [0.29, 0.717) is 6.42 Å². The van der Waals surface area contributed by atoms with Crippen LogP contribution in [-0.4, -0.2) is 15.6 Å². The first-order chi connectivity index (χ1) is 20.9. The van der Waals surface area contributed by atoms with E-state index in [9.17, 15) is 4.79 Å². The van der Waals surface area contributed by atoms with Crippen LogP contribution in [0.15, 0.2) is 79.1 Å². The number of hydrogen-bond donors (Lipinski definition) is 0. The van der Waals surface area contributed by atoms with Crippen LogP contribution in [0, 0.1) is 13.8 Å². The number of nitrogens with zero attached hydrogens (tertiary/aromatic N) is 2. The second-order valence-electron chi connectivity index (χ2n) is 11.5. The quantitative estimate of drug-likeness (QED) is 0.186. The maximum atomic E-state index is 13.1. The van der Waals surface area contributed by atoms with Crippen LogP contribution in [0.5, 0.6) is 0 Å². The maximum absolute atomic E-state index is 13.1. The van der Waals surface area contributed by atoms with Gasteiger partial charge in [0.2, 0.25) is 0 Å². The summed E-state index contributed by atoms with van der Waals surface area (Å²) in [4.78, 5) is 13.1. The zero-order valence-electron chi connectivity index (χ0n) is 27.6. The number of unbranched alkanes of at least 4 members (excludes halogenated alkanes) is 4. The van der Waals surface area contributed by atoms with Crippen molar-refractivity contribution in [2.45, 2.75) is 98.8 Å². The SMILES string of the molecule is CC.CCC1CC(=O)C(c2ccc(-c3cnn(C)c3)cc2C)=Cc2ccccc21.CCCCCCCc1ccc(C)cc1. The van der Waals surface area contributed by atoms with E-state index in [4.69, 9.17) is 0 Å². The summed E-state index contributed by atoms with van der Waals surface area (Å²) in [5, 5.41) is 4.25. The fourth-order valence-corrected chi connectivity index (χ4v) is 5.69. The van der Waals surface area contributed by atoms with Gasteiger partial charge in [-0.2, -0.15) is 5.10 Å². The van der Waals surface area contributed by atoms with Crippen molar-refractivity contribution in [3.05, 3.63) is 113 Å². The van der Waals surface area contributed by atoms with Gasteiger partial charge in [0.25, 0.3) is 0 Å². The zero-order valence-corrected chi connectivity index (χ0v) is 27.6. The number of aromatic nitrogens is 2. The minimum atomic E-state index is 0.232. The number of aryl methyl sites for hydroxylation is 4. The molecule has 1 heterocycles. The molecular formula is C40H52N2O. The van der Waals surface area contributed by atoms with E-state index in [1.54, 1.807) is 4.68 Å². The standard InChI is InChI=1S/C24H24N2O.C14H22.C2H6/c1-4-17-13-24(27)23(12-19-7-5-6-8-22(17)19)21-10-9-18(11-16(21)2)20-14-25-26(3)15-20;1-3-4-5-6-7-8-14-11-9-13(2)10-12-14;1-2/h5-12,14-15,17H,4,13H2,1-3H3;9-12H,3-8H2,1-2H3;1-2H3. The lowest BCUT2D eigenvalue weighted by atomic mass is 9.89. The third-order valence-electron chi connectivity index (χ3n) is 8.21. The lowest BCUT2D eigenvalue weighted by Gasteiger charge is -2.14. The predicted octanol–water partition coefficient (Wildman–Crippen LogP) is 10.9. The summed E-state index contributed by atoms with van der Waals surface area (Å²) in [5.41, 5.74) is 10.5. The van der Waals surface area contributed by atoms with E-state index in [2.05, 4.69) is 99.5 Å². The van der Waals surface area contributed by atoms with Crippen LogP contribution in [0.1, 0.15) is 112 Å². The van der Waals surface area contributed by atoms with Crippen molar-refractivity contribution >= 4 is 17.4 Å². The molecule has 228 valence electrons. The van der Waals surface area contributed by atoms with Crippen LogP contribution in [0.2, 0.25) is 0 Å². The number of carbonyl (C=O) groups is 1. The Bertz CT molecular complexity index is 1460. The van der Waals surface area contributed by atoms with E-state index in [0.717, 1.165) is 34.2 Å². The van der Waals surface area contributed by atoms with Crippen LogP contribution in [0.25, 0.3) is 22.8 Å². The number of benzene rings is 3. The molecule has 3 nitrogen and oxygen atoms in total. The van der Waals surface area contributed by atoms with Gasteiger partial charge >= 0.3 is 0 Å². The topological polar surface area (TPSA) is 34.9 Å². The van der Waals surface area contributed by atoms with Gasteiger partial charge in [-0.3, -0.25) is 9.48 Å². The van der Waals surface area contributed by atoms with Crippen molar-refractivity contribution in [2.24, 2.45) is 7.05 Å². The van der Waals surface area contributed by atoms with Gasteiger partial charge in [-0.25, -0.2) is 0 Å². The molecule has 4 aromatic rings. The van der Waals surface area contributed by atoms with Gasteiger partial charge in [0, 0.05) is 30.8 Å². The van der Waals surface area contributed by atoms with Crippen molar-refractivity contribution in [2.75, 3.05) is 0 Å². The molecule has 3 aromatic carbocycles. The fourth-order valence-electron chi connectivity index (χ4n) is 5.69. The second-order valence-corrected chi connectivity index (χ2v) is 11.5. The summed E-state index contributed by atoms with van der Waals surface area (Å²) in [7, 11) is 1.92.